The zero-order chi connectivity index (χ0) is 10.7. The predicted molar refractivity (Wildman–Crippen MR) is 59.4 cm³/mol. The van der Waals surface area contributed by atoms with Crippen LogP contribution in [-0.2, 0) is 6.42 Å². The number of hydrogen-bond donors (Lipinski definition) is 2. The summed E-state index contributed by atoms with van der Waals surface area (Å²) in [5.74, 6) is 1.93. The molecule has 0 bridgehead atoms. The standard InChI is InChI=1S/C11H14N4/c1-8(11-13-4-5-14-11)6-9-2-3-10(12)15-7-9/h2-5,7-8H,6H2,1H3,(H2,12,15)(H,13,14). The molecule has 0 spiro atoms. The summed E-state index contributed by atoms with van der Waals surface area (Å²) in [5, 5.41) is 0. The van der Waals surface area contributed by atoms with Crippen LogP contribution >= 0.6 is 0 Å². The molecule has 4 heteroatoms. The minimum atomic E-state index is 0.366. The van der Waals surface area contributed by atoms with Gasteiger partial charge in [0.1, 0.15) is 11.6 Å². The Balaban J connectivity index is 2.06. The van der Waals surface area contributed by atoms with Gasteiger partial charge in [-0.3, -0.25) is 0 Å². The maximum atomic E-state index is 5.52. The van der Waals surface area contributed by atoms with Gasteiger partial charge in [-0.05, 0) is 18.1 Å². The van der Waals surface area contributed by atoms with Crippen LogP contribution in [0.5, 0.6) is 0 Å². The number of nitrogen functional groups attached to an aromatic ring is 1. The molecule has 0 aliphatic rings. The molecule has 0 aromatic carbocycles. The van der Waals surface area contributed by atoms with E-state index >= 15 is 0 Å². The molecule has 0 aliphatic carbocycles. The molecule has 1 unspecified atom stereocenters. The van der Waals surface area contributed by atoms with Crippen LogP contribution < -0.4 is 5.73 Å². The lowest BCUT2D eigenvalue weighted by atomic mass is 10.0. The average Bonchev–Trinajstić information content (AvgIpc) is 2.74. The fraction of sp³-hybridized carbons (Fsp3) is 0.273. The molecule has 15 heavy (non-hydrogen) atoms. The van der Waals surface area contributed by atoms with Gasteiger partial charge in [0.15, 0.2) is 0 Å². The number of hydrogen-bond acceptors (Lipinski definition) is 3. The molecule has 4 nitrogen and oxygen atoms in total. The third-order valence-electron chi connectivity index (χ3n) is 2.38. The van der Waals surface area contributed by atoms with E-state index in [-0.39, 0.29) is 0 Å². The molecule has 0 aliphatic heterocycles. The first-order valence-electron chi connectivity index (χ1n) is 4.95. The van der Waals surface area contributed by atoms with Crippen molar-refractivity contribution in [3.63, 3.8) is 0 Å². The van der Waals surface area contributed by atoms with Crippen molar-refractivity contribution in [2.45, 2.75) is 19.3 Å². The summed E-state index contributed by atoms with van der Waals surface area (Å²) in [6.45, 7) is 2.13. The van der Waals surface area contributed by atoms with Gasteiger partial charge in [-0.15, -0.1) is 0 Å². The van der Waals surface area contributed by atoms with Crippen molar-refractivity contribution in [1.29, 1.82) is 0 Å². The Morgan fingerprint density at radius 1 is 1.40 bits per heavy atom. The van der Waals surface area contributed by atoms with Gasteiger partial charge in [0, 0.05) is 24.5 Å². The maximum Gasteiger partial charge on any atom is 0.123 e. The molecule has 2 rings (SSSR count). The van der Waals surface area contributed by atoms with E-state index in [9.17, 15) is 0 Å². The third-order valence-corrected chi connectivity index (χ3v) is 2.38. The van der Waals surface area contributed by atoms with E-state index in [1.165, 1.54) is 5.56 Å². The lowest BCUT2D eigenvalue weighted by Crippen LogP contribution is -2.01. The fourth-order valence-corrected chi connectivity index (χ4v) is 1.55. The smallest absolute Gasteiger partial charge is 0.123 e. The van der Waals surface area contributed by atoms with E-state index in [0.29, 0.717) is 11.7 Å². The second-order valence-corrected chi connectivity index (χ2v) is 3.67. The van der Waals surface area contributed by atoms with Crippen molar-refractivity contribution in [2.24, 2.45) is 0 Å². The van der Waals surface area contributed by atoms with E-state index in [4.69, 9.17) is 5.73 Å². The molecule has 0 fully saturated rings. The Bertz CT molecular complexity index is 405. The first kappa shape index (κ1) is 9.71. The van der Waals surface area contributed by atoms with Crippen LogP contribution in [0.3, 0.4) is 0 Å². The first-order valence-corrected chi connectivity index (χ1v) is 4.95. The minimum Gasteiger partial charge on any atom is -0.384 e. The van der Waals surface area contributed by atoms with Gasteiger partial charge in [0.25, 0.3) is 0 Å². The summed E-state index contributed by atoms with van der Waals surface area (Å²) in [4.78, 5) is 11.4. The summed E-state index contributed by atoms with van der Waals surface area (Å²) < 4.78 is 0. The summed E-state index contributed by atoms with van der Waals surface area (Å²) in [5.41, 5.74) is 6.70. The Hall–Kier alpha value is -1.84. The number of rotatable bonds is 3. The van der Waals surface area contributed by atoms with Gasteiger partial charge in [-0.1, -0.05) is 13.0 Å². The van der Waals surface area contributed by atoms with Crippen LogP contribution in [0.25, 0.3) is 0 Å². The molecule has 0 amide bonds. The molecular formula is C11H14N4. The van der Waals surface area contributed by atoms with Crippen molar-refractivity contribution >= 4 is 5.82 Å². The number of nitrogens with two attached hydrogens (primary N) is 1. The van der Waals surface area contributed by atoms with Crippen molar-refractivity contribution in [3.8, 4) is 0 Å². The average molecular weight is 202 g/mol. The van der Waals surface area contributed by atoms with Crippen molar-refractivity contribution < 1.29 is 0 Å². The SMILES string of the molecule is CC(Cc1ccc(N)nc1)c1ncc[nH]1. The molecule has 2 aromatic heterocycles. The van der Waals surface area contributed by atoms with E-state index in [0.717, 1.165) is 12.2 Å². The lowest BCUT2D eigenvalue weighted by Gasteiger charge is -2.08. The largest absolute Gasteiger partial charge is 0.384 e. The van der Waals surface area contributed by atoms with Gasteiger partial charge in [0.05, 0.1) is 0 Å². The van der Waals surface area contributed by atoms with Crippen LogP contribution in [-0.4, -0.2) is 15.0 Å². The van der Waals surface area contributed by atoms with Crippen molar-refractivity contribution in [2.75, 3.05) is 5.73 Å². The number of H-pyrrole nitrogens is 1. The van der Waals surface area contributed by atoms with E-state index in [1.54, 1.807) is 6.20 Å². The first-order chi connectivity index (χ1) is 7.25. The van der Waals surface area contributed by atoms with Crippen LogP contribution in [0.2, 0.25) is 0 Å². The summed E-state index contributed by atoms with van der Waals surface area (Å²) >= 11 is 0. The Morgan fingerprint density at radius 2 is 2.27 bits per heavy atom. The molecule has 78 valence electrons. The third kappa shape index (κ3) is 2.34. The van der Waals surface area contributed by atoms with E-state index < -0.39 is 0 Å². The number of aromatic amines is 1. The van der Waals surface area contributed by atoms with Gasteiger partial charge in [-0.2, -0.15) is 0 Å². The van der Waals surface area contributed by atoms with Gasteiger partial charge >= 0.3 is 0 Å². The highest BCUT2D eigenvalue weighted by Crippen LogP contribution is 2.16. The van der Waals surface area contributed by atoms with Gasteiger partial charge in [0.2, 0.25) is 0 Å². The number of nitrogens with zero attached hydrogens (tertiary/aromatic N) is 2. The second kappa shape index (κ2) is 4.13. The molecule has 0 saturated carbocycles. The van der Waals surface area contributed by atoms with Crippen LogP contribution in [0.1, 0.15) is 24.2 Å². The number of aromatic nitrogens is 3. The molecule has 0 radical (unpaired) electrons. The second-order valence-electron chi connectivity index (χ2n) is 3.67. The fourth-order valence-electron chi connectivity index (χ4n) is 1.55. The zero-order valence-electron chi connectivity index (χ0n) is 8.64. The molecule has 3 N–H and O–H groups in total. The molecular weight excluding hydrogens is 188 g/mol. The van der Waals surface area contributed by atoms with Crippen LogP contribution in [0, 0.1) is 0 Å². The van der Waals surface area contributed by atoms with Crippen LogP contribution in [0.4, 0.5) is 5.82 Å². The number of nitrogens with one attached hydrogen (secondary N) is 1. The molecule has 2 aromatic rings. The van der Waals surface area contributed by atoms with Gasteiger partial charge < -0.3 is 10.7 Å². The minimum absolute atomic E-state index is 0.366. The Labute approximate surface area is 88.6 Å². The normalized spacial score (nSPS) is 12.6. The van der Waals surface area contributed by atoms with E-state index in [2.05, 4.69) is 21.9 Å². The zero-order valence-corrected chi connectivity index (χ0v) is 8.64. The molecule has 1 atom stereocenters. The van der Waals surface area contributed by atoms with E-state index in [1.807, 2.05) is 24.5 Å². The maximum absolute atomic E-state index is 5.52. The number of pyridine rings is 1. The lowest BCUT2D eigenvalue weighted by molar-refractivity contribution is 0.708. The highest BCUT2D eigenvalue weighted by molar-refractivity contribution is 5.29. The Morgan fingerprint density at radius 3 is 2.87 bits per heavy atom. The van der Waals surface area contributed by atoms with Crippen molar-refractivity contribution in [1.82, 2.24) is 15.0 Å². The molecule has 2 heterocycles. The summed E-state index contributed by atoms with van der Waals surface area (Å²) in [7, 11) is 0. The highest BCUT2D eigenvalue weighted by Gasteiger charge is 2.08. The summed E-state index contributed by atoms with van der Waals surface area (Å²) in [6.07, 6.45) is 6.34. The quantitative estimate of drug-likeness (QED) is 0.796. The summed E-state index contributed by atoms with van der Waals surface area (Å²) in [6, 6.07) is 3.83. The monoisotopic (exact) mass is 202 g/mol. The number of anilines is 1. The molecule has 0 saturated heterocycles. The highest BCUT2D eigenvalue weighted by atomic mass is 14.9. The van der Waals surface area contributed by atoms with Gasteiger partial charge in [-0.25, -0.2) is 9.97 Å². The Kier molecular flexibility index (Phi) is 2.67. The van der Waals surface area contributed by atoms with Crippen molar-refractivity contribution in [3.05, 3.63) is 42.1 Å². The van der Waals surface area contributed by atoms with Crippen LogP contribution in [0.15, 0.2) is 30.7 Å². The number of imidazole rings is 1. The predicted octanol–water partition coefficient (Wildman–Crippen LogP) is 1.73. The topological polar surface area (TPSA) is 67.6 Å².